The van der Waals surface area contributed by atoms with Crippen molar-refractivity contribution in [3.05, 3.63) is 30.3 Å². The van der Waals surface area contributed by atoms with Gasteiger partial charge in [0.1, 0.15) is 9.79 Å². The number of hydrogen-bond donors (Lipinski definition) is 3. The zero-order valence-corrected chi connectivity index (χ0v) is 10.9. The van der Waals surface area contributed by atoms with Gasteiger partial charge in [-0.05, 0) is 17.5 Å². The molecule has 2 rings (SSSR count). The number of hydrogen-bond acceptors (Lipinski definition) is 5. The van der Waals surface area contributed by atoms with Crippen LogP contribution in [0.5, 0.6) is 0 Å². The zero-order chi connectivity index (χ0) is 14.4. The van der Waals surface area contributed by atoms with E-state index in [-0.39, 0.29) is 11.1 Å². The van der Waals surface area contributed by atoms with Gasteiger partial charge < -0.3 is 5.73 Å². The molecular formula is C10H9NO6S2. The average Bonchev–Trinajstić information content (AvgIpc) is 2.25. The summed E-state index contributed by atoms with van der Waals surface area (Å²) in [5, 5.41) is 0.167. The van der Waals surface area contributed by atoms with Crippen molar-refractivity contribution in [3.63, 3.8) is 0 Å². The van der Waals surface area contributed by atoms with Crippen LogP contribution in [0, 0.1) is 0 Å². The van der Waals surface area contributed by atoms with Gasteiger partial charge in [0.15, 0.2) is 0 Å². The minimum absolute atomic E-state index is 0.0318. The molecule has 0 bridgehead atoms. The van der Waals surface area contributed by atoms with Crippen molar-refractivity contribution in [3.8, 4) is 0 Å². The Morgan fingerprint density at radius 2 is 1.53 bits per heavy atom. The summed E-state index contributed by atoms with van der Waals surface area (Å²) in [4.78, 5) is -1.84. The van der Waals surface area contributed by atoms with Crippen LogP contribution in [0.3, 0.4) is 0 Å². The Labute approximate surface area is 109 Å². The van der Waals surface area contributed by atoms with E-state index in [1.54, 1.807) is 6.07 Å². The maximum Gasteiger partial charge on any atom is 0.296 e. The van der Waals surface area contributed by atoms with Crippen LogP contribution >= 0.6 is 0 Å². The summed E-state index contributed by atoms with van der Waals surface area (Å²) in [6.07, 6.45) is 0. The molecule has 19 heavy (non-hydrogen) atoms. The fourth-order valence-electron chi connectivity index (χ4n) is 1.81. The Morgan fingerprint density at radius 3 is 2.05 bits per heavy atom. The third kappa shape index (κ3) is 2.40. The molecule has 0 saturated heterocycles. The van der Waals surface area contributed by atoms with Gasteiger partial charge >= 0.3 is 0 Å². The first-order valence-electron chi connectivity index (χ1n) is 4.88. The highest BCUT2D eigenvalue weighted by molar-refractivity contribution is 7.89. The molecule has 0 aromatic heterocycles. The van der Waals surface area contributed by atoms with E-state index in [1.807, 2.05) is 0 Å². The molecule has 7 nitrogen and oxygen atoms in total. The molecular weight excluding hydrogens is 294 g/mol. The highest BCUT2D eigenvalue weighted by Crippen LogP contribution is 2.33. The smallest absolute Gasteiger partial charge is 0.296 e. The highest BCUT2D eigenvalue weighted by atomic mass is 32.2. The Kier molecular flexibility index (Phi) is 3.01. The lowest BCUT2D eigenvalue weighted by atomic mass is 10.1. The van der Waals surface area contributed by atoms with Crippen molar-refractivity contribution in [1.29, 1.82) is 0 Å². The molecule has 2 aromatic carbocycles. The molecule has 0 atom stereocenters. The first-order valence-corrected chi connectivity index (χ1v) is 7.76. The molecule has 0 heterocycles. The summed E-state index contributed by atoms with van der Waals surface area (Å²) in [7, 11) is -9.70. The van der Waals surface area contributed by atoms with Crippen LogP contribution in [-0.4, -0.2) is 25.9 Å². The lowest BCUT2D eigenvalue weighted by Crippen LogP contribution is -2.10. The van der Waals surface area contributed by atoms with Crippen molar-refractivity contribution < 1.29 is 25.9 Å². The molecule has 0 unspecified atom stereocenters. The third-order valence-corrected chi connectivity index (χ3v) is 4.50. The Balaban J connectivity index is 3.16. The van der Waals surface area contributed by atoms with Gasteiger partial charge in [-0.3, -0.25) is 9.11 Å². The second-order valence-electron chi connectivity index (χ2n) is 3.79. The molecule has 0 radical (unpaired) electrons. The highest BCUT2D eigenvalue weighted by Gasteiger charge is 2.27. The summed E-state index contributed by atoms with van der Waals surface area (Å²) in [6.45, 7) is 0. The minimum atomic E-state index is -4.88. The number of nitrogen functional groups attached to an aromatic ring is 1. The summed E-state index contributed by atoms with van der Waals surface area (Å²) in [6, 6.07) is 6.56. The van der Waals surface area contributed by atoms with E-state index >= 15 is 0 Å². The maximum atomic E-state index is 11.4. The van der Waals surface area contributed by atoms with Crippen LogP contribution in [0.4, 0.5) is 5.69 Å². The van der Waals surface area contributed by atoms with Crippen molar-refractivity contribution >= 4 is 36.7 Å². The summed E-state index contributed by atoms with van der Waals surface area (Å²) in [5.41, 5.74) is 5.58. The SMILES string of the molecule is Nc1cccc2ccc(S(=O)(=O)O)c(S(=O)(=O)O)c12. The standard InChI is InChI=1S/C10H9NO6S2/c11-7-3-1-2-6-4-5-8(18(12,13)14)10(9(6)7)19(15,16)17/h1-5H,11H2,(H,12,13,14)(H,15,16,17). The van der Waals surface area contributed by atoms with E-state index in [1.165, 1.54) is 18.2 Å². The molecule has 4 N–H and O–H groups in total. The lowest BCUT2D eigenvalue weighted by molar-refractivity contribution is 0.468. The predicted molar refractivity (Wildman–Crippen MR) is 68.0 cm³/mol. The summed E-state index contributed by atoms with van der Waals surface area (Å²) >= 11 is 0. The average molecular weight is 303 g/mol. The van der Waals surface area contributed by atoms with Gasteiger partial charge in [0.2, 0.25) is 0 Å². The quantitative estimate of drug-likeness (QED) is 0.554. The van der Waals surface area contributed by atoms with E-state index in [4.69, 9.17) is 10.3 Å². The minimum Gasteiger partial charge on any atom is -0.398 e. The van der Waals surface area contributed by atoms with Crippen molar-refractivity contribution in [2.75, 3.05) is 5.73 Å². The Hall–Kier alpha value is -1.68. The fraction of sp³-hybridized carbons (Fsp3) is 0. The molecule has 0 aliphatic carbocycles. The van der Waals surface area contributed by atoms with Crippen LogP contribution in [0.15, 0.2) is 40.1 Å². The molecule has 0 amide bonds. The molecule has 9 heteroatoms. The van der Waals surface area contributed by atoms with Gasteiger partial charge in [0.25, 0.3) is 20.2 Å². The molecule has 0 saturated carbocycles. The third-order valence-electron chi connectivity index (χ3n) is 2.53. The van der Waals surface area contributed by atoms with Gasteiger partial charge in [-0.1, -0.05) is 18.2 Å². The predicted octanol–water partition coefficient (Wildman–Crippen LogP) is 0.915. The Morgan fingerprint density at radius 1 is 0.895 bits per heavy atom. The Bertz CT molecular complexity index is 870. The largest absolute Gasteiger partial charge is 0.398 e. The first kappa shape index (κ1) is 13.7. The van der Waals surface area contributed by atoms with E-state index in [0.717, 1.165) is 6.07 Å². The van der Waals surface area contributed by atoms with Crippen LogP contribution < -0.4 is 5.73 Å². The van der Waals surface area contributed by atoms with Crippen LogP contribution in [0.25, 0.3) is 10.8 Å². The van der Waals surface area contributed by atoms with Crippen molar-refractivity contribution in [2.45, 2.75) is 9.79 Å². The van der Waals surface area contributed by atoms with Crippen molar-refractivity contribution in [2.24, 2.45) is 0 Å². The summed E-state index contributed by atoms with van der Waals surface area (Å²) in [5.74, 6) is 0. The normalized spacial score (nSPS) is 12.7. The molecule has 102 valence electrons. The second kappa shape index (κ2) is 4.17. The van der Waals surface area contributed by atoms with E-state index in [0.29, 0.717) is 5.39 Å². The van der Waals surface area contributed by atoms with E-state index in [2.05, 4.69) is 0 Å². The van der Waals surface area contributed by atoms with Crippen LogP contribution in [0.1, 0.15) is 0 Å². The summed E-state index contributed by atoms with van der Waals surface area (Å²) < 4.78 is 63.4. The number of benzene rings is 2. The zero-order valence-electron chi connectivity index (χ0n) is 9.31. The maximum absolute atomic E-state index is 11.4. The lowest BCUT2D eigenvalue weighted by Gasteiger charge is -2.10. The van der Waals surface area contributed by atoms with Crippen molar-refractivity contribution in [1.82, 2.24) is 0 Å². The van der Waals surface area contributed by atoms with Crippen LogP contribution in [-0.2, 0) is 20.2 Å². The number of fused-ring (bicyclic) bond motifs is 1. The van der Waals surface area contributed by atoms with Gasteiger partial charge in [-0.2, -0.15) is 16.8 Å². The van der Waals surface area contributed by atoms with E-state index in [9.17, 15) is 21.4 Å². The van der Waals surface area contributed by atoms with Gasteiger partial charge in [-0.25, -0.2) is 0 Å². The van der Waals surface area contributed by atoms with Gasteiger partial charge in [0.05, 0.1) is 0 Å². The topological polar surface area (TPSA) is 135 Å². The molecule has 2 aromatic rings. The van der Waals surface area contributed by atoms with Gasteiger partial charge in [0, 0.05) is 11.1 Å². The number of anilines is 1. The van der Waals surface area contributed by atoms with E-state index < -0.39 is 30.0 Å². The monoisotopic (exact) mass is 303 g/mol. The number of rotatable bonds is 2. The number of nitrogens with two attached hydrogens (primary N) is 1. The second-order valence-corrected chi connectivity index (χ2v) is 6.54. The molecule has 0 aliphatic heterocycles. The first-order chi connectivity index (χ1) is 8.62. The molecule has 0 fully saturated rings. The van der Waals surface area contributed by atoms with Gasteiger partial charge in [-0.15, -0.1) is 0 Å². The molecule has 0 spiro atoms. The molecule has 0 aliphatic rings. The van der Waals surface area contributed by atoms with Crippen LogP contribution in [0.2, 0.25) is 0 Å². The fourth-order valence-corrected chi connectivity index (χ4v) is 3.84.